The first kappa shape index (κ1) is 14.5. The van der Waals surface area contributed by atoms with E-state index < -0.39 is 0 Å². The lowest BCUT2D eigenvalue weighted by atomic mass is 9.92. The number of rotatable bonds is 5. The SMILES string of the molecule is CCC1(CC)CN(CCc2ccnn2C)CCCN1. The lowest BCUT2D eigenvalue weighted by molar-refractivity contribution is 0.198. The highest BCUT2D eigenvalue weighted by atomic mass is 15.3. The van der Waals surface area contributed by atoms with Crippen LogP contribution >= 0.6 is 0 Å². The van der Waals surface area contributed by atoms with E-state index in [9.17, 15) is 0 Å². The first-order valence-electron chi connectivity index (χ1n) is 7.63. The lowest BCUT2D eigenvalue weighted by Gasteiger charge is -2.35. The molecule has 0 bridgehead atoms. The molecule has 2 rings (SSSR count). The van der Waals surface area contributed by atoms with Crippen LogP contribution in [0, 0.1) is 0 Å². The average molecular weight is 264 g/mol. The Kier molecular flexibility index (Phi) is 4.99. The fraction of sp³-hybridized carbons (Fsp3) is 0.800. The highest BCUT2D eigenvalue weighted by Gasteiger charge is 2.29. The Morgan fingerprint density at radius 3 is 2.79 bits per heavy atom. The summed E-state index contributed by atoms with van der Waals surface area (Å²) in [5.74, 6) is 0. The van der Waals surface area contributed by atoms with Crippen LogP contribution in [0.2, 0.25) is 0 Å². The minimum Gasteiger partial charge on any atom is -0.310 e. The van der Waals surface area contributed by atoms with Gasteiger partial charge in [0.2, 0.25) is 0 Å². The number of nitrogens with one attached hydrogen (secondary N) is 1. The molecule has 0 aromatic carbocycles. The summed E-state index contributed by atoms with van der Waals surface area (Å²) in [6.07, 6.45) is 6.67. The van der Waals surface area contributed by atoms with Crippen molar-refractivity contribution in [2.45, 2.75) is 45.1 Å². The van der Waals surface area contributed by atoms with Crippen LogP contribution in [0.4, 0.5) is 0 Å². The van der Waals surface area contributed by atoms with Gasteiger partial charge in [0.1, 0.15) is 0 Å². The van der Waals surface area contributed by atoms with Gasteiger partial charge in [-0.3, -0.25) is 4.68 Å². The summed E-state index contributed by atoms with van der Waals surface area (Å²) in [6.45, 7) is 9.31. The Morgan fingerprint density at radius 1 is 1.37 bits per heavy atom. The predicted molar refractivity (Wildman–Crippen MR) is 79.3 cm³/mol. The molecule has 4 heteroatoms. The molecule has 2 heterocycles. The molecule has 1 aliphatic heterocycles. The lowest BCUT2D eigenvalue weighted by Crippen LogP contribution is -2.50. The van der Waals surface area contributed by atoms with Crippen molar-refractivity contribution in [3.05, 3.63) is 18.0 Å². The largest absolute Gasteiger partial charge is 0.310 e. The highest BCUT2D eigenvalue weighted by Crippen LogP contribution is 2.19. The molecule has 1 aromatic heterocycles. The number of aryl methyl sites for hydroxylation is 1. The van der Waals surface area contributed by atoms with E-state index in [1.165, 1.54) is 38.0 Å². The minimum absolute atomic E-state index is 0.322. The summed E-state index contributed by atoms with van der Waals surface area (Å²) in [7, 11) is 2.03. The van der Waals surface area contributed by atoms with Gasteiger partial charge < -0.3 is 10.2 Å². The molecule has 0 radical (unpaired) electrons. The van der Waals surface area contributed by atoms with Crippen LogP contribution in [0.25, 0.3) is 0 Å². The van der Waals surface area contributed by atoms with E-state index >= 15 is 0 Å². The zero-order chi connectivity index (χ0) is 13.7. The number of nitrogens with zero attached hydrogens (tertiary/aromatic N) is 3. The van der Waals surface area contributed by atoms with E-state index in [1.807, 2.05) is 17.9 Å². The smallest absolute Gasteiger partial charge is 0.0492 e. The summed E-state index contributed by atoms with van der Waals surface area (Å²) < 4.78 is 1.99. The van der Waals surface area contributed by atoms with Gasteiger partial charge in [-0.2, -0.15) is 5.10 Å². The molecule has 19 heavy (non-hydrogen) atoms. The van der Waals surface area contributed by atoms with E-state index in [2.05, 4.69) is 35.2 Å². The molecule has 0 spiro atoms. The minimum atomic E-state index is 0.322. The second kappa shape index (κ2) is 6.53. The zero-order valence-corrected chi connectivity index (χ0v) is 12.7. The van der Waals surface area contributed by atoms with Gasteiger partial charge in [-0.05, 0) is 38.4 Å². The van der Waals surface area contributed by atoms with Crippen LogP contribution in [0.15, 0.2) is 12.3 Å². The van der Waals surface area contributed by atoms with Crippen molar-refractivity contribution in [2.24, 2.45) is 7.05 Å². The molecule has 108 valence electrons. The molecule has 0 saturated carbocycles. The van der Waals surface area contributed by atoms with Gasteiger partial charge >= 0.3 is 0 Å². The van der Waals surface area contributed by atoms with Crippen LogP contribution < -0.4 is 5.32 Å². The maximum Gasteiger partial charge on any atom is 0.0492 e. The van der Waals surface area contributed by atoms with Gasteiger partial charge in [-0.1, -0.05) is 13.8 Å². The summed E-state index contributed by atoms with van der Waals surface area (Å²) in [4.78, 5) is 2.62. The Balaban J connectivity index is 1.93. The van der Waals surface area contributed by atoms with Crippen molar-refractivity contribution in [1.29, 1.82) is 0 Å². The molecule has 4 nitrogen and oxygen atoms in total. The van der Waals surface area contributed by atoms with Gasteiger partial charge in [-0.15, -0.1) is 0 Å². The monoisotopic (exact) mass is 264 g/mol. The summed E-state index contributed by atoms with van der Waals surface area (Å²) in [5.41, 5.74) is 1.65. The van der Waals surface area contributed by atoms with Crippen molar-refractivity contribution in [1.82, 2.24) is 20.0 Å². The van der Waals surface area contributed by atoms with Crippen LogP contribution in [0.5, 0.6) is 0 Å². The number of hydrogen-bond acceptors (Lipinski definition) is 3. The molecular weight excluding hydrogens is 236 g/mol. The van der Waals surface area contributed by atoms with E-state index in [0.717, 1.165) is 19.5 Å². The third-order valence-corrected chi connectivity index (χ3v) is 4.64. The molecule has 1 saturated heterocycles. The predicted octanol–water partition coefficient (Wildman–Crippen LogP) is 1.82. The van der Waals surface area contributed by atoms with Gasteiger partial charge in [-0.25, -0.2) is 0 Å². The van der Waals surface area contributed by atoms with Gasteiger partial charge in [0, 0.05) is 44.0 Å². The molecule has 0 unspecified atom stereocenters. The van der Waals surface area contributed by atoms with Crippen LogP contribution in [0.3, 0.4) is 0 Å². The third kappa shape index (κ3) is 3.57. The van der Waals surface area contributed by atoms with Gasteiger partial charge in [0.15, 0.2) is 0 Å². The van der Waals surface area contributed by atoms with Gasteiger partial charge in [0.25, 0.3) is 0 Å². The van der Waals surface area contributed by atoms with Crippen molar-refractivity contribution < 1.29 is 0 Å². The van der Waals surface area contributed by atoms with E-state index in [-0.39, 0.29) is 0 Å². The summed E-state index contributed by atoms with van der Waals surface area (Å²) in [5, 5.41) is 8.02. The number of aromatic nitrogens is 2. The van der Waals surface area contributed by atoms with Crippen molar-refractivity contribution >= 4 is 0 Å². The second-order valence-corrected chi connectivity index (χ2v) is 5.74. The molecule has 1 aromatic rings. The quantitative estimate of drug-likeness (QED) is 0.880. The van der Waals surface area contributed by atoms with Crippen molar-refractivity contribution in [2.75, 3.05) is 26.2 Å². The second-order valence-electron chi connectivity index (χ2n) is 5.74. The summed E-state index contributed by atoms with van der Waals surface area (Å²) >= 11 is 0. The van der Waals surface area contributed by atoms with E-state index in [1.54, 1.807) is 0 Å². The molecule has 0 aliphatic carbocycles. The fourth-order valence-electron chi connectivity index (χ4n) is 3.05. The first-order valence-corrected chi connectivity index (χ1v) is 7.63. The molecule has 0 atom stereocenters. The Hall–Kier alpha value is -0.870. The van der Waals surface area contributed by atoms with Crippen LogP contribution in [0.1, 0.15) is 38.8 Å². The zero-order valence-electron chi connectivity index (χ0n) is 12.7. The summed E-state index contributed by atoms with van der Waals surface area (Å²) in [6, 6.07) is 2.13. The normalized spacial score (nSPS) is 20.4. The standard InChI is InChI=1S/C15H28N4/c1-4-15(5-2)13-19(11-6-9-16-15)12-8-14-7-10-17-18(14)3/h7,10,16H,4-6,8-9,11-13H2,1-3H3. The van der Waals surface area contributed by atoms with Crippen LogP contribution in [-0.4, -0.2) is 46.4 Å². The maximum atomic E-state index is 4.25. The van der Waals surface area contributed by atoms with E-state index in [4.69, 9.17) is 0 Å². The average Bonchev–Trinajstić information content (AvgIpc) is 2.73. The first-order chi connectivity index (χ1) is 9.19. The molecule has 1 aliphatic rings. The Bertz CT molecular complexity index is 381. The maximum absolute atomic E-state index is 4.25. The van der Waals surface area contributed by atoms with E-state index in [0.29, 0.717) is 5.54 Å². The molecule has 1 N–H and O–H groups in total. The Labute approximate surface area is 117 Å². The third-order valence-electron chi connectivity index (χ3n) is 4.64. The molecular formula is C15H28N4. The van der Waals surface area contributed by atoms with Crippen molar-refractivity contribution in [3.8, 4) is 0 Å². The van der Waals surface area contributed by atoms with Gasteiger partial charge in [0.05, 0.1) is 0 Å². The molecule has 0 amide bonds. The fourth-order valence-corrected chi connectivity index (χ4v) is 3.05. The van der Waals surface area contributed by atoms with Crippen molar-refractivity contribution in [3.63, 3.8) is 0 Å². The topological polar surface area (TPSA) is 33.1 Å². The Morgan fingerprint density at radius 2 is 2.16 bits per heavy atom. The molecule has 1 fully saturated rings. The van der Waals surface area contributed by atoms with Crippen LogP contribution in [-0.2, 0) is 13.5 Å². The number of hydrogen-bond donors (Lipinski definition) is 1. The highest BCUT2D eigenvalue weighted by molar-refractivity contribution is 5.01.